The van der Waals surface area contributed by atoms with Crippen molar-refractivity contribution in [3.05, 3.63) is 41.4 Å². The van der Waals surface area contributed by atoms with Gasteiger partial charge in [-0.05, 0) is 25.1 Å². The molecule has 14 heavy (non-hydrogen) atoms. The lowest BCUT2D eigenvalue weighted by Gasteiger charge is -1.92. The van der Waals surface area contributed by atoms with Gasteiger partial charge in [0.1, 0.15) is 0 Å². The first-order valence-corrected chi connectivity index (χ1v) is 5.21. The molecule has 0 radical (unpaired) electrons. The van der Waals surface area contributed by atoms with Crippen molar-refractivity contribution in [3.8, 4) is 22.4 Å². The molecule has 1 nitrogen and oxygen atoms in total. The number of hydrogen-bond donors (Lipinski definition) is 0. The standard InChI is InChI=1S/C12H9NS/c1-2-5-10-8-12(14-9-10)11-6-3-4-7-13-11/h3-4,6-9H,1H3. The average molecular weight is 199 g/mol. The van der Waals surface area contributed by atoms with Gasteiger partial charge >= 0.3 is 0 Å². The fourth-order valence-electron chi connectivity index (χ4n) is 1.19. The summed E-state index contributed by atoms with van der Waals surface area (Å²) in [5.74, 6) is 5.92. The lowest BCUT2D eigenvalue weighted by atomic mass is 10.2. The van der Waals surface area contributed by atoms with Crippen LogP contribution in [0.4, 0.5) is 0 Å². The highest BCUT2D eigenvalue weighted by Gasteiger charge is 2.00. The maximum Gasteiger partial charge on any atom is 0.0802 e. The van der Waals surface area contributed by atoms with E-state index in [1.165, 1.54) is 4.88 Å². The van der Waals surface area contributed by atoms with Crippen LogP contribution in [0.5, 0.6) is 0 Å². The number of rotatable bonds is 1. The quantitative estimate of drug-likeness (QED) is 0.643. The first-order valence-electron chi connectivity index (χ1n) is 4.33. The van der Waals surface area contributed by atoms with Crippen LogP contribution in [0.15, 0.2) is 35.8 Å². The molecule has 2 rings (SSSR count). The van der Waals surface area contributed by atoms with Crippen molar-refractivity contribution in [2.45, 2.75) is 6.92 Å². The molecule has 0 N–H and O–H groups in total. The van der Waals surface area contributed by atoms with Gasteiger partial charge in [-0.2, -0.15) is 0 Å². The predicted octanol–water partition coefficient (Wildman–Crippen LogP) is 3.18. The fourth-order valence-corrected chi connectivity index (χ4v) is 2.01. The minimum absolute atomic E-state index is 1.02. The van der Waals surface area contributed by atoms with Gasteiger partial charge in [-0.1, -0.05) is 12.0 Å². The SMILES string of the molecule is CC#Cc1csc(-c2ccccn2)c1. The van der Waals surface area contributed by atoms with E-state index in [1.807, 2.05) is 25.1 Å². The van der Waals surface area contributed by atoms with Crippen molar-refractivity contribution in [2.24, 2.45) is 0 Å². The molecular weight excluding hydrogens is 190 g/mol. The molecule has 0 spiro atoms. The van der Waals surface area contributed by atoms with Crippen LogP contribution in [0.2, 0.25) is 0 Å². The van der Waals surface area contributed by atoms with Gasteiger partial charge in [0.25, 0.3) is 0 Å². The second-order valence-corrected chi connectivity index (χ2v) is 3.70. The summed E-state index contributed by atoms with van der Waals surface area (Å²) in [5, 5.41) is 2.06. The lowest BCUT2D eigenvalue weighted by molar-refractivity contribution is 1.34. The van der Waals surface area contributed by atoms with E-state index in [2.05, 4.69) is 28.3 Å². The summed E-state index contributed by atoms with van der Waals surface area (Å²) in [5.41, 5.74) is 2.08. The lowest BCUT2D eigenvalue weighted by Crippen LogP contribution is -1.75. The fraction of sp³-hybridized carbons (Fsp3) is 0.0833. The van der Waals surface area contributed by atoms with Gasteiger partial charge in [-0.15, -0.1) is 17.3 Å². The third-order valence-electron chi connectivity index (χ3n) is 1.79. The van der Waals surface area contributed by atoms with Crippen molar-refractivity contribution in [3.63, 3.8) is 0 Å². The molecule has 2 heteroatoms. The molecule has 2 aromatic rings. The Labute approximate surface area is 87.4 Å². The third-order valence-corrected chi connectivity index (χ3v) is 2.74. The Morgan fingerprint density at radius 1 is 1.36 bits per heavy atom. The van der Waals surface area contributed by atoms with Crippen molar-refractivity contribution in [1.29, 1.82) is 0 Å². The predicted molar refractivity (Wildman–Crippen MR) is 60.1 cm³/mol. The maximum atomic E-state index is 4.28. The smallest absolute Gasteiger partial charge is 0.0802 e. The minimum Gasteiger partial charge on any atom is -0.255 e. The minimum atomic E-state index is 1.02. The summed E-state index contributed by atoms with van der Waals surface area (Å²) in [6.45, 7) is 1.85. The van der Waals surface area contributed by atoms with Gasteiger partial charge in [0, 0.05) is 17.1 Å². The number of thiophene rings is 1. The number of hydrogen-bond acceptors (Lipinski definition) is 2. The van der Waals surface area contributed by atoms with Crippen LogP contribution in [-0.2, 0) is 0 Å². The van der Waals surface area contributed by atoms with Crippen LogP contribution in [0.3, 0.4) is 0 Å². The monoisotopic (exact) mass is 199 g/mol. The van der Waals surface area contributed by atoms with Gasteiger partial charge < -0.3 is 0 Å². The first-order chi connectivity index (χ1) is 6.90. The molecule has 0 saturated carbocycles. The van der Waals surface area contributed by atoms with Crippen LogP contribution in [0.1, 0.15) is 12.5 Å². The number of aromatic nitrogens is 1. The van der Waals surface area contributed by atoms with Gasteiger partial charge in [0.2, 0.25) is 0 Å². The maximum absolute atomic E-state index is 4.28. The van der Waals surface area contributed by atoms with E-state index < -0.39 is 0 Å². The van der Waals surface area contributed by atoms with E-state index >= 15 is 0 Å². The van der Waals surface area contributed by atoms with E-state index in [0.717, 1.165) is 11.3 Å². The van der Waals surface area contributed by atoms with E-state index in [4.69, 9.17) is 0 Å². The molecule has 0 unspecified atom stereocenters. The van der Waals surface area contributed by atoms with E-state index in [9.17, 15) is 0 Å². The van der Waals surface area contributed by atoms with Crippen LogP contribution < -0.4 is 0 Å². The molecule has 68 valence electrons. The van der Waals surface area contributed by atoms with E-state index in [1.54, 1.807) is 17.5 Å². The molecule has 0 aliphatic rings. The van der Waals surface area contributed by atoms with Gasteiger partial charge in [0.05, 0.1) is 10.6 Å². The van der Waals surface area contributed by atoms with Crippen molar-refractivity contribution in [2.75, 3.05) is 0 Å². The van der Waals surface area contributed by atoms with Crippen molar-refractivity contribution >= 4 is 11.3 Å². The Bertz CT molecular complexity index is 474. The molecule has 2 heterocycles. The summed E-state index contributed by atoms with van der Waals surface area (Å²) in [6.07, 6.45) is 1.81. The zero-order chi connectivity index (χ0) is 9.80. The summed E-state index contributed by atoms with van der Waals surface area (Å²) in [4.78, 5) is 5.45. The Kier molecular flexibility index (Phi) is 2.62. The van der Waals surface area contributed by atoms with Gasteiger partial charge in [0.15, 0.2) is 0 Å². The van der Waals surface area contributed by atoms with Crippen LogP contribution in [0.25, 0.3) is 10.6 Å². The van der Waals surface area contributed by atoms with Crippen LogP contribution >= 0.6 is 11.3 Å². The zero-order valence-corrected chi connectivity index (χ0v) is 8.64. The van der Waals surface area contributed by atoms with Gasteiger partial charge in [-0.25, -0.2) is 0 Å². The first kappa shape index (κ1) is 8.98. The topological polar surface area (TPSA) is 12.9 Å². The summed E-state index contributed by atoms with van der Waals surface area (Å²) in [7, 11) is 0. The summed E-state index contributed by atoms with van der Waals surface area (Å²) < 4.78 is 0. The van der Waals surface area contributed by atoms with E-state index in [0.29, 0.717) is 0 Å². The molecule has 0 amide bonds. The molecule has 0 atom stereocenters. The van der Waals surface area contributed by atoms with E-state index in [-0.39, 0.29) is 0 Å². The Morgan fingerprint density at radius 2 is 2.29 bits per heavy atom. The Balaban J connectivity index is 2.37. The molecule has 2 aromatic heterocycles. The third kappa shape index (κ3) is 1.84. The highest BCUT2D eigenvalue weighted by Crippen LogP contribution is 2.24. The normalized spacial score (nSPS) is 9.21. The van der Waals surface area contributed by atoms with Crippen LogP contribution in [0, 0.1) is 11.8 Å². The summed E-state index contributed by atoms with van der Waals surface area (Å²) >= 11 is 1.68. The van der Waals surface area contributed by atoms with Gasteiger partial charge in [-0.3, -0.25) is 4.98 Å². The number of nitrogens with zero attached hydrogens (tertiary/aromatic N) is 1. The molecular formula is C12H9NS. The second-order valence-electron chi connectivity index (χ2n) is 2.79. The molecule has 0 fully saturated rings. The average Bonchev–Trinajstić information content (AvgIpc) is 2.68. The molecule has 0 aliphatic carbocycles. The molecule has 0 bridgehead atoms. The van der Waals surface area contributed by atoms with Crippen molar-refractivity contribution < 1.29 is 0 Å². The van der Waals surface area contributed by atoms with Crippen molar-refractivity contribution in [1.82, 2.24) is 4.98 Å². The highest BCUT2D eigenvalue weighted by molar-refractivity contribution is 7.13. The number of pyridine rings is 1. The highest BCUT2D eigenvalue weighted by atomic mass is 32.1. The second kappa shape index (κ2) is 4.08. The molecule has 0 aliphatic heterocycles. The Morgan fingerprint density at radius 3 is 3.00 bits per heavy atom. The molecule has 0 saturated heterocycles. The molecule has 0 aromatic carbocycles. The Hall–Kier alpha value is -1.59. The largest absolute Gasteiger partial charge is 0.255 e. The zero-order valence-electron chi connectivity index (χ0n) is 7.82. The van der Waals surface area contributed by atoms with Crippen LogP contribution in [-0.4, -0.2) is 4.98 Å². The summed E-state index contributed by atoms with van der Waals surface area (Å²) in [6, 6.07) is 8.00.